The second-order valence-electron chi connectivity index (χ2n) is 3.32. The van der Waals surface area contributed by atoms with Gasteiger partial charge in [0, 0.05) is 10.7 Å². The molecule has 15 heavy (non-hydrogen) atoms. The van der Waals surface area contributed by atoms with Crippen LogP contribution < -0.4 is 5.73 Å². The van der Waals surface area contributed by atoms with E-state index in [9.17, 15) is 0 Å². The van der Waals surface area contributed by atoms with Gasteiger partial charge >= 0.3 is 0 Å². The summed E-state index contributed by atoms with van der Waals surface area (Å²) in [7, 11) is 0. The van der Waals surface area contributed by atoms with E-state index in [1.165, 1.54) is 15.6 Å². The van der Waals surface area contributed by atoms with E-state index in [0.29, 0.717) is 0 Å². The lowest BCUT2D eigenvalue weighted by Crippen LogP contribution is -2.07. The third kappa shape index (κ3) is 2.40. The van der Waals surface area contributed by atoms with Crippen molar-refractivity contribution in [2.75, 3.05) is 0 Å². The van der Waals surface area contributed by atoms with Gasteiger partial charge in [-0.2, -0.15) is 0 Å². The molecule has 3 heteroatoms. The third-order valence-corrected chi connectivity index (χ3v) is 3.31. The molecule has 80 valence electrons. The van der Waals surface area contributed by atoms with E-state index in [1.54, 1.807) is 11.3 Å². The highest BCUT2D eigenvalue weighted by Crippen LogP contribution is 2.30. The fraction of sp³-hybridized carbons (Fsp3) is 0.167. The van der Waals surface area contributed by atoms with Crippen LogP contribution in [0.3, 0.4) is 0 Å². The van der Waals surface area contributed by atoms with Gasteiger partial charge in [-0.3, -0.25) is 0 Å². The van der Waals surface area contributed by atoms with Gasteiger partial charge in [0.1, 0.15) is 0 Å². The first kappa shape index (κ1) is 12.2. The number of thiophene rings is 1. The molecule has 1 aromatic heterocycles. The summed E-state index contributed by atoms with van der Waals surface area (Å²) in [6, 6.07) is 8.46. The molecule has 0 bridgehead atoms. The smallest absolute Gasteiger partial charge is 0.0346 e. The molecule has 0 amide bonds. The number of benzene rings is 1. The highest BCUT2D eigenvalue weighted by atomic mass is 35.5. The molecule has 0 unspecified atom stereocenters. The van der Waals surface area contributed by atoms with Crippen LogP contribution in [-0.4, -0.2) is 0 Å². The molecule has 0 saturated carbocycles. The molecular weight excluding hydrogens is 226 g/mol. The van der Waals surface area contributed by atoms with Crippen LogP contribution in [0.5, 0.6) is 0 Å². The van der Waals surface area contributed by atoms with E-state index in [0.717, 1.165) is 6.42 Å². The van der Waals surface area contributed by atoms with Gasteiger partial charge in [0.15, 0.2) is 0 Å². The maximum absolute atomic E-state index is 6.05. The zero-order chi connectivity index (χ0) is 9.97. The lowest BCUT2D eigenvalue weighted by Gasteiger charge is -2.07. The van der Waals surface area contributed by atoms with Crippen LogP contribution in [0.15, 0.2) is 42.3 Å². The van der Waals surface area contributed by atoms with E-state index in [4.69, 9.17) is 5.73 Å². The fourth-order valence-electron chi connectivity index (χ4n) is 1.59. The van der Waals surface area contributed by atoms with Crippen molar-refractivity contribution in [3.05, 3.63) is 47.9 Å². The minimum Gasteiger partial charge on any atom is -0.324 e. The second kappa shape index (κ2) is 5.31. The molecule has 0 aliphatic heterocycles. The van der Waals surface area contributed by atoms with Crippen molar-refractivity contribution < 1.29 is 0 Å². The Morgan fingerprint density at radius 3 is 2.87 bits per heavy atom. The first-order chi connectivity index (χ1) is 6.83. The van der Waals surface area contributed by atoms with E-state index in [-0.39, 0.29) is 18.4 Å². The maximum Gasteiger partial charge on any atom is 0.0346 e. The molecular formula is C12H14ClNS. The monoisotopic (exact) mass is 239 g/mol. The number of halogens is 1. The number of hydrogen-bond donors (Lipinski definition) is 1. The van der Waals surface area contributed by atoms with Crippen molar-refractivity contribution in [1.82, 2.24) is 0 Å². The molecule has 0 spiro atoms. The predicted octanol–water partition coefficient (Wildman–Crippen LogP) is 3.90. The summed E-state index contributed by atoms with van der Waals surface area (Å²) in [6.07, 6.45) is 2.71. The Balaban J connectivity index is 0.00000112. The first-order valence-electron chi connectivity index (χ1n) is 4.65. The fourth-order valence-corrected chi connectivity index (χ4v) is 2.62. The molecule has 0 saturated heterocycles. The Labute approximate surface area is 100 Å². The van der Waals surface area contributed by atoms with E-state index in [2.05, 4.69) is 36.2 Å². The quantitative estimate of drug-likeness (QED) is 0.808. The highest BCUT2D eigenvalue weighted by molar-refractivity contribution is 7.17. The Morgan fingerprint density at radius 2 is 2.13 bits per heavy atom. The number of hydrogen-bond acceptors (Lipinski definition) is 2. The van der Waals surface area contributed by atoms with Crippen molar-refractivity contribution in [3.8, 4) is 0 Å². The normalized spacial score (nSPS) is 12.1. The van der Waals surface area contributed by atoms with Gasteiger partial charge < -0.3 is 5.73 Å². The molecule has 0 fully saturated rings. The summed E-state index contributed by atoms with van der Waals surface area (Å²) in [4.78, 5) is 0. The van der Waals surface area contributed by atoms with Crippen LogP contribution in [0.25, 0.3) is 10.1 Å². The van der Waals surface area contributed by atoms with E-state index in [1.807, 2.05) is 6.08 Å². The van der Waals surface area contributed by atoms with Crippen molar-refractivity contribution in [1.29, 1.82) is 0 Å². The minimum atomic E-state index is 0. The molecule has 1 heterocycles. The van der Waals surface area contributed by atoms with Gasteiger partial charge in [-0.15, -0.1) is 30.3 Å². The third-order valence-electron chi connectivity index (χ3n) is 2.33. The summed E-state index contributed by atoms with van der Waals surface area (Å²) in [5.74, 6) is 0. The van der Waals surface area contributed by atoms with Crippen LogP contribution in [0.4, 0.5) is 0 Å². The topological polar surface area (TPSA) is 26.0 Å². The Bertz CT molecular complexity index is 450. The zero-order valence-corrected chi connectivity index (χ0v) is 9.98. The number of rotatable bonds is 3. The maximum atomic E-state index is 6.05. The SMILES string of the molecule is C=CC[C@@H](N)c1csc2ccccc12.Cl. The summed E-state index contributed by atoms with van der Waals surface area (Å²) in [6.45, 7) is 3.71. The van der Waals surface area contributed by atoms with Gasteiger partial charge in [0.2, 0.25) is 0 Å². The number of nitrogens with two attached hydrogens (primary N) is 1. The van der Waals surface area contributed by atoms with Gasteiger partial charge in [0.05, 0.1) is 0 Å². The van der Waals surface area contributed by atoms with Crippen LogP contribution in [0, 0.1) is 0 Å². The molecule has 2 rings (SSSR count). The zero-order valence-electron chi connectivity index (χ0n) is 8.35. The molecule has 0 aliphatic rings. The number of fused-ring (bicyclic) bond motifs is 1. The van der Waals surface area contributed by atoms with Gasteiger partial charge in [-0.1, -0.05) is 24.3 Å². The molecule has 2 N–H and O–H groups in total. The lowest BCUT2D eigenvalue weighted by molar-refractivity contribution is 0.751. The molecule has 0 radical (unpaired) electrons. The summed E-state index contributed by atoms with van der Waals surface area (Å²) in [5.41, 5.74) is 7.29. The van der Waals surface area contributed by atoms with Crippen molar-refractivity contribution in [2.45, 2.75) is 12.5 Å². The van der Waals surface area contributed by atoms with E-state index < -0.39 is 0 Å². The Kier molecular flexibility index (Phi) is 4.33. The van der Waals surface area contributed by atoms with Crippen LogP contribution in [-0.2, 0) is 0 Å². The lowest BCUT2D eigenvalue weighted by atomic mass is 10.0. The van der Waals surface area contributed by atoms with Crippen LogP contribution in [0.2, 0.25) is 0 Å². The average molecular weight is 240 g/mol. The highest BCUT2D eigenvalue weighted by Gasteiger charge is 2.09. The first-order valence-corrected chi connectivity index (χ1v) is 5.53. The standard InChI is InChI=1S/C12H13NS.ClH/c1-2-5-11(13)10-8-14-12-7-4-3-6-9(10)12;/h2-4,6-8,11H,1,5,13H2;1H/t11-;/m1./s1. The van der Waals surface area contributed by atoms with Crippen molar-refractivity contribution in [2.24, 2.45) is 5.73 Å². The second-order valence-corrected chi connectivity index (χ2v) is 4.23. The van der Waals surface area contributed by atoms with Crippen LogP contribution >= 0.6 is 23.7 Å². The summed E-state index contributed by atoms with van der Waals surface area (Å²) in [5, 5.41) is 3.44. The largest absolute Gasteiger partial charge is 0.324 e. The summed E-state index contributed by atoms with van der Waals surface area (Å²) < 4.78 is 1.31. The van der Waals surface area contributed by atoms with Gasteiger partial charge in [-0.05, 0) is 28.8 Å². The van der Waals surface area contributed by atoms with Crippen molar-refractivity contribution >= 4 is 33.8 Å². The molecule has 1 aromatic carbocycles. The Morgan fingerprint density at radius 1 is 1.40 bits per heavy atom. The van der Waals surface area contributed by atoms with Crippen molar-refractivity contribution in [3.63, 3.8) is 0 Å². The molecule has 1 nitrogen and oxygen atoms in total. The van der Waals surface area contributed by atoms with Gasteiger partial charge in [0.25, 0.3) is 0 Å². The average Bonchev–Trinajstić information content (AvgIpc) is 2.61. The van der Waals surface area contributed by atoms with Gasteiger partial charge in [-0.25, -0.2) is 0 Å². The minimum absolute atomic E-state index is 0. The van der Waals surface area contributed by atoms with E-state index >= 15 is 0 Å². The summed E-state index contributed by atoms with van der Waals surface area (Å²) >= 11 is 1.75. The predicted molar refractivity (Wildman–Crippen MR) is 70.8 cm³/mol. The molecule has 1 atom stereocenters. The molecule has 0 aliphatic carbocycles. The molecule has 2 aromatic rings. The Hall–Kier alpha value is -0.830. The van der Waals surface area contributed by atoms with Crippen LogP contribution in [0.1, 0.15) is 18.0 Å².